The van der Waals surface area contributed by atoms with Gasteiger partial charge >= 0.3 is 0 Å². The molecule has 1 aromatic heterocycles. The normalized spacial score (nSPS) is 21.9. The summed E-state index contributed by atoms with van der Waals surface area (Å²) in [5, 5.41) is 21.8. The van der Waals surface area contributed by atoms with Crippen LogP contribution in [0.2, 0.25) is 0 Å². The van der Waals surface area contributed by atoms with E-state index in [9.17, 15) is 24.6 Å². The van der Waals surface area contributed by atoms with E-state index in [1.807, 2.05) is 13.8 Å². The minimum atomic E-state index is -1.30. The summed E-state index contributed by atoms with van der Waals surface area (Å²) in [6.45, 7) is 8.28. The van der Waals surface area contributed by atoms with Crippen molar-refractivity contribution in [2.24, 2.45) is 5.41 Å². The van der Waals surface area contributed by atoms with Crippen LogP contribution in [0.5, 0.6) is 5.75 Å². The van der Waals surface area contributed by atoms with Crippen LogP contribution in [0.1, 0.15) is 89.4 Å². The molecule has 0 aliphatic heterocycles. The van der Waals surface area contributed by atoms with E-state index in [1.54, 1.807) is 25.1 Å². The molecule has 0 saturated carbocycles. The number of furan rings is 1. The fraction of sp³-hybridized carbons (Fsp3) is 0.346. The van der Waals surface area contributed by atoms with E-state index >= 15 is 0 Å². The number of phenols is 1. The Morgan fingerprint density at radius 3 is 2.25 bits per heavy atom. The van der Waals surface area contributed by atoms with Crippen molar-refractivity contribution >= 4 is 28.3 Å². The monoisotopic (exact) mass is 434 g/mol. The number of hydrogen-bond acceptors (Lipinski definition) is 6. The molecule has 6 heteroatoms. The average Bonchev–Trinajstić information content (AvgIpc) is 3.06. The van der Waals surface area contributed by atoms with E-state index in [0.29, 0.717) is 27.9 Å². The van der Waals surface area contributed by atoms with Crippen LogP contribution in [0.3, 0.4) is 0 Å². The number of hydrogen-bond donors (Lipinski definition) is 2. The third-order valence-electron chi connectivity index (χ3n) is 6.41. The number of rotatable bonds is 4. The van der Waals surface area contributed by atoms with Crippen molar-refractivity contribution in [2.45, 2.75) is 52.6 Å². The number of Topliss-reactive ketones (excluding diaryl/α,β-unsaturated/α-hetero) is 3. The van der Waals surface area contributed by atoms with Gasteiger partial charge in [0.05, 0.1) is 11.5 Å². The third kappa shape index (κ3) is 3.35. The molecule has 0 saturated heterocycles. The van der Waals surface area contributed by atoms with Crippen molar-refractivity contribution in [2.75, 3.05) is 0 Å². The molecule has 0 fully saturated rings. The van der Waals surface area contributed by atoms with Crippen molar-refractivity contribution in [1.82, 2.24) is 0 Å². The molecule has 3 aromatic rings. The van der Waals surface area contributed by atoms with Crippen LogP contribution in [-0.4, -0.2) is 27.6 Å². The van der Waals surface area contributed by atoms with Gasteiger partial charge in [0.25, 0.3) is 0 Å². The van der Waals surface area contributed by atoms with Crippen LogP contribution in [-0.2, 0) is 5.60 Å². The van der Waals surface area contributed by atoms with Gasteiger partial charge in [-0.3, -0.25) is 14.4 Å². The van der Waals surface area contributed by atoms with E-state index in [0.717, 1.165) is 0 Å². The first-order chi connectivity index (χ1) is 14.8. The third-order valence-corrected chi connectivity index (χ3v) is 6.41. The average molecular weight is 434 g/mol. The van der Waals surface area contributed by atoms with Crippen LogP contribution < -0.4 is 0 Å². The Kier molecular flexibility index (Phi) is 4.90. The Morgan fingerprint density at radius 2 is 1.62 bits per heavy atom. The molecule has 6 nitrogen and oxygen atoms in total. The maximum absolute atomic E-state index is 13.9. The molecule has 4 rings (SSSR count). The summed E-state index contributed by atoms with van der Waals surface area (Å²) >= 11 is 0. The Labute approximate surface area is 185 Å². The summed E-state index contributed by atoms with van der Waals surface area (Å²) in [4.78, 5) is 37.8. The number of aliphatic hydroxyl groups is 1. The van der Waals surface area contributed by atoms with E-state index in [-0.39, 0.29) is 40.6 Å². The lowest BCUT2D eigenvalue weighted by atomic mass is 9.60. The fourth-order valence-corrected chi connectivity index (χ4v) is 5.11. The lowest BCUT2D eigenvalue weighted by molar-refractivity contribution is -0.0264. The lowest BCUT2D eigenvalue weighted by Gasteiger charge is -2.43. The van der Waals surface area contributed by atoms with Gasteiger partial charge in [0.2, 0.25) is 0 Å². The van der Waals surface area contributed by atoms with Crippen LogP contribution >= 0.6 is 0 Å². The molecular formula is C26H26O6. The molecule has 0 bridgehead atoms. The summed E-state index contributed by atoms with van der Waals surface area (Å²) in [5.74, 6) is -1.26. The van der Waals surface area contributed by atoms with E-state index in [4.69, 9.17) is 4.42 Å². The van der Waals surface area contributed by atoms with Crippen LogP contribution in [0.4, 0.5) is 0 Å². The van der Waals surface area contributed by atoms with Crippen molar-refractivity contribution in [3.8, 4) is 5.75 Å². The van der Waals surface area contributed by atoms with E-state index in [2.05, 4.69) is 0 Å². The quantitative estimate of drug-likeness (QED) is 0.551. The van der Waals surface area contributed by atoms with Gasteiger partial charge < -0.3 is 14.6 Å². The fourth-order valence-electron chi connectivity index (χ4n) is 5.11. The molecule has 166 valence electrons. The number of benzene rings is 2. The predicted octanol–water partition coefficient (Wildman–Crippen LogP) is 5.15. The highest BCUT2D eigenvalue weighted by atomic mass is 16.4. The molecule has 0 amide bonds. The SMILES string of the molecule is CC(=O)c1ccc2oc3c(c2c1)C(C(=O)c1ccc(O)c(C(C)=O)c1)C(C)(C)C[C@]3(C)O. The number of phenolic OH excluding ortho intramolecular Hbond substituents is 1. The molecule has 1 aliphatic carbocycles. The highest BCUT2D eigenvalue weighted by Gasteiger charge is 2.51. The highest BCUT2D eigenvalue weighted by Crippen LogP contribution is 2.55. The van der Waals surface area contributed by atoms with Gasteiger partial charge in [-0.05, 0) is 69.0 Å². The lowest BCUT2D eigenvalue weighted by Crippen LogP contribution is -2.42. The highest BCUT2D eigenvalue weighted by molar-refractivity contribution is 6.07. The Balaban J connectivity index is 1.98. The Bertz CT molecular complexity index is 1290. The summed E-state index contributed by atoms with van der Waals surface area (Å²) in [6.07, 6.45) is 0.278. The molecule has 0 spiro atoms. The topological polar surface area (TPSA) is 105 Å². The molecule has 0 radical (unpaired) electrons. The molecule has 1 heterocycles. The molecular weight excluding hydrogens is 408 g/mol. The number of fused-ring (bicyclic) bond motifs is 3. The molecule has 1 unspecified atom stereocenters. The molecule has 2 aromatic carbocycles. The van der Waals surface area contributed by atoms with Crippen LogP contribution in [0, 0.1) is 5.41 Å². The summed E-state index contributed by atoms with van der Waals surface area (Å²) < 4.78 is 6.02. The number of aromatic hydroxyl groups is 1. The maximum Gasteiger partial charge on any atom is 0.171 e. The van der Waals surface area contributed by atoms with Crippen molar-refractivity contribution in [3.63, 3.8) is 0 Å². The molecule has 2 atom stereocenters. The van der Waals surface area contributed by atoms with Gasteiger partial charge in [0.15, 0.2) is 17.3 Å². The summed E-state index contributed by atoms with van der Waals surface area (Å²) in [5.41, 5.74) is -0.0603. The van der Waals surface area contributed by atoms with E-state index < -0.39 is 16.9 Å². The largest absolute Gasteiger partial charge is 0.507 e. The maximum atomic E-state index is 13.9. The molecule has 2 N–H and O–H groups in total. The van der Waals surface area contributed by atoms with Gasteiger partial charge in [-0.1, -0.05) is 13.8 Å². The van der Waals surface area contributed by atoms with Crippen molar-refractivity contribution < 1.29 is 29.0 Å². The smallest absolute Gasteiger partial charge is 0.171 e. The first-order valence-electron chi connectivity index (χ1n) is 10.5. The Morgan fingerprint density at radius 1 is 0.969 bits per heavy atom. The van der Waals surface area contributed by atoms with Gasteiger partial charge in [-0.25, -0.2) is 0 Å². The van der Waals surface area contributed by atoms with Gasteiger partial charge in [0.1, 0.15) is 22.7 Å². The summed E-state index contributed by atoms with van der Waals surface area (Å²) in [6, 6.07) is 9.30. The predicted molar refractivity (Wildman–Crippen MR) is 119 cm³/mol. The zero-order valence-corrected chi connectivity index (χ0v) is 18.8. The van der Waals surface area contributed by atoms with Gasteiger partial charge in [0, 0.05) is 22.1 Å². The molecule has 32 heavy (non-hydrogen) atoms. The second kappa shape index (κ2) is 7.14. The minimum absolute atomic E-state index is 0.0765. The van der Waals surface area contributed by atoms with Crippen molar-refractivity contribution in [3.05, 3.63) is 64.4 Å². The first-order valence-corrected chi connectivity index (χ1v) is 10.5. The summed E-state index contributed by atoms with van der Waals surface area (Å²) in [7, 11) is 0. The van der Waals surface area contributed by atoms with Crippen LogP contribution in [0.15, 0.2) is 40.8 Å². The van der Waals surface area contributed by atoms with Crippen LogP contribution in [0.25, 0.3) is 11.0 Å². The second-order valence-electron chi connectivity index (χ2n) is 9.64. The van der Waals surface area contributed by atoms with Crippen molar-refractivity contribution in [1.29, 1.82) is 0 Å². The second-order valence-corrected chi connectivity index (χ2v) is 9.64. The van der Waals surface area contributed by atoms with Gasteiger partial charge in [-0.15, -0.1) is 0 Å². The molecule has 1 aliphatic rings. The Hall–Kier alpha value is -3.25. The minimum Gasteiger partial charge on any atom is -0.507 e. The first kappa shape index (κ1) is 22.0. The van der Waals surface area contributed by atoms with Gasteiger partial charge in [-0.2, -0.15) is 0 Å². The zero-order chi connectivity index (χ0) is 23.6. The number of ketones is 3. The zero-order valence-electron chi connectivity index (χ0n) is 18.8. The number of carbonyl (C=O) groups excluding carboxylic acids is 3. The number of carbonyl (C=O) groups is 3. The standard InChI is InChI=1S/C26H26O6/c1-13(27)15-7-9-20-18(10-15)21-22(25(3,4)12-26(5,31)24(21)32-20)23(30)16-6-8-19(29)17(11-16)14(2)28/h6-11,22,29,31H,12H2,1-5H3/t22?,26-/m0/s1. The van der Waals surface area contributed by atoms with E-state index in [1.165, 1.54) is 32.0 Å².